The molecule has 4 rings (SSSR count). The number of para-hydroxylation sites is 1. The third-order valence-corrected chi connectivity index (χ3v) is 3.64. The molecular formula is C16H14N3+. The van der Waals surface area contributed by atoms with E-state index >= 15 is 0 Å². The molecule has 0 aliphatic rings. The van der Waals surface area contributed by atoms with Gasteiger partial charge in [-0.1, -0.05) is 24.3 Å². The molecule has 1 aromatic carbocycles. The molecule has 0 atom stereocenters. The molecule has 0 amide bonds. The molecule has 0 radical (unpaired) electrons. The quantitative estimate of drug-likeness (QED) is 0.501. The molecule has 3 nitrogen and oxygen atoms in total. The molecule has 0 unspecified atom stereocenters. The van der Waals surface area contributed by atoms with Crippen LogP contribution in [0.15, 0.2) is 61.2 Å². The van der Waals surface area contributed by atoms with E-state index in [1.807, 2.05) is 6.07 Å². The lowest BCUT2D eigenvalue weighted by Gasteiger charge is -1.91. The molecule has 3 aromatic heterocycles. The number of rotatable bonds is 1. The maximum Gasteiger partial charge on any atom is 0.234 e. The summed E-state index contributed by atoms with van der Waals surface area (Å²) in [5, 5.41) is 1.28. The number of pyridine rings is 1. The van der Waals surface area contributed by atoms with Gasteiger partial charge in [-0.15, -0.1) is 0 Å². The number of benzene rings is 1. The van der Waals surface area contributed by atoms with E-state index in [-0.39, 0.29) is 0 Å². The average molecular weight is 248 g/mol. The van der Waals surface area contributed by atoms with Crippen LogP contribution in [0.1, 0.15) is 5.56 Å². The zero-order valence-corrected chi connectivity index (χ0v) is 10.7. The first-order chi connectivity index (χ1) is 9.33. The standard InChI is InChI=1S/C16H14N3/c1-12-14-7-2-3-8-15(14)17-16(12)19-10-13-6-4-5-9-18(13)11-19/h2-11,17H,1H3/q+1. The van der Waals surface area contributed by atoms with Crippen LogP contribution < -0.4 is 4.57 Å². The summed E-state index contributed by atoms with van der Waals surface area (Å²) >= 11 is 0. The Bertz CT molecular complexity index is 850. The summed E-state index contributed by atoms with van der Waals surface area (Å²) < 4.78 is 4.26. The number of aryl methyl sites for hydroxylation is 1. The summed E-state index contributed by atoms with van der Waals surface area (Å²) in [6.45, 7) is 2.16. The lowest BCUT2D eigenvalue weighted by molar-refractivity contribution is -0.597. The molecule has 0 saturated carbocycles. The maximum atomic E-state index is 3.49. The first-order valence-corrected chi connectivity index (χ1v) is 6.38. The molecule has 4 aromatic rings. The molecule has 1 N–H and O–H groups in total. The minimum Gasteiger partial charge on any atom is -0.272 e. The first-order valence-electron chi connectivity index (χ1n) is 6.38. The number of nitrogens with zero attached hydrogens (tertiary/aromatic N) is 2. The fourth-order valence-electron chi connectivity index (χ4n) is 2.64. The van der Waals surface area contributed by atoms with Gasteiger partial charge in [-0.2, -0.15) is 0 Å². The first kappa shape index (κ1) is 10.4. The van der Waals surface area contributed by atoms with Gasteiger partial charge >= 0.3 is 0 Å². The summed E-state index contributed by atoms with van der Waals surface area (Å²) in [5.41, 5.74) is 3.63. The van der Waals surface area contributed by atoms with Crippen molar-refractivity contribution < 1.29 is 4.57 Å². The maximum absolute atomic E-state index is 3.49. The second-order valence-electron chi connectivity index (χ2n) is 4.83. The van der Waals surface area contributed by atoms with Crippen molar-refractivity contribution >= 4 is 16.4 Å². The van der Waals surface area contributed by atoms with Gasteiger partial charge in [0.05, 0.1) is 6.20 Å². The van der Waals surface area contributed by atoms with Crippen LogP contribution in [0.3, 0.4) is 0 Å². The van der Waals surface area contributed by atoms with Gasteiger partial charge in [0.2, 0.25) is 5.82 Å². The van der Waals surface area contributed by atoms with E-state index in [2.05, 4.69) is 76.0 Å². The summed E-state index contributed by atoms with van der Waals surface area (Å²) in [6.07, 6.45) is 6.29. The fraction of sp³-hybridized carbons (Fsp3) is 0.0625. The molecule has 0 saturated heterocycles. The van der Waals surface area contributed by atoms with E-state index in [0.717, 1.165) is 5.82 Å². The Labute approximate surface area is 110 Å². The van der Waals surface area contributed by atoms with E-state index in [9.17, 15) is 0 Å². The predicted molar refractivity (Wildman–Crippen MR) is 75.5 cm³/mol. The summed E-state index contributed by atoms with van der Waals surface area (Å²) in [5.74, 6) is 1.13. The van der Waals surface area contributed by atoms with Crippen molar-refractivity contribution in [3.8, 4) is 5.82 Å². The zero-order valence-electron chi connectivity index (χ0n) is 10.7. The molecule has 3 heterocycles. The van der Waals surface area contributed by atoms with Gasteiger partial charge in [0.1, 0.15) is 17.2 Å². The van der Waals surface area contributed by atoms with Gasteiger partial charge in [-0.3, -0.25) is 4.98 Å². The van der Waals surface area contributed by atoms with E-state index in [4.69, 9.17) is 0 Å². The molecular weight excluding hydrogens is 234 g/mol. The minimum absolute atomic E-state index is 1.13. The summed E-state index contributed by atoms with van der Waals surface area (Å²) in [6, 6.07) is 14.6. The number of H-pyrrole nitrogens is 1. The van der Waals surface area contributed by atoms with Crippen LogP contribution in [0.5, 0.6) is 0 Å². The van der Waals surface area contributed by atoms with Gasteiger partial charge in [-0.05, 0) is 25.1 Å². The van der Waals surface area contributed by atoms with Crippen molar-refractivity contribution in [2.75, 3.05) is 0 Å². The van der Waals surface area contributed by atoms with Gasteiger partial charge in [0.15, 0.2) is 6.33 Å². The van der Waals surface area contributed by atoms with Crippen LogP contribution in [0.4, 0.5) is 0 Å². The van der Waals surface area contributed by atoms with Gasteiger partial charge < -0.3 is 0 Å². The predicted octanol–water partition coefficient (Wildman–Crippen LogP) is 3.01. The Hall–Kier alpha value is -2.55. The summed E-state index contributed by atoms with van der Waals surface area (Å²) in [4.78, 5) is 3.49. The fourth-order valence-corrected chi connectivity index (χ4v) is 2.64. The third kappa shape index (κ3) is 1.48. The van der Waals surface area contributed by atoms with Gasteiger partial charge in [0, 0.05) is 10.9 Å². The Morgan fingerprint density at radius 2 is 1.89 bits per heavy atom. The number of fused-ring (bicyclic) bond motifs is 2. The van der Waals surface area contributed by atoms with Crippen molar-refractivity contribution in [2.24, 2.45) is 0 Å². The Balaban J connectivity index is 2.01. The molecule has 0 aliphatic heterocycles. The van der Waals surface area contributed by atoms with Crippen molar-refractivity contribution in [3.05, 3.63) is 66.7 Å². The largest absolute Gasteiger partial charge is 0.272 e. The molecule has 3 heteroatoms. The Morgan fingerprint density at radius 3 is 2.74 bits per heavy atom. The van der Waals surface area contributed by atoms with Crippen molar-refractivity contribution in [2.45, 2.75) is 6.92 Å². The number of aromatic nitrogens is 3. The van der Waals surface area contributed by atoms with E-state index < -0.39 is 0 Å². The second-order valence-corrected chi connectivity index (χ2v) is 4.83. The van der Waals surface area contributed by atoms with Gasteiger partial charge in [0.25, 0.3) is 0 Å². The number of hydrogen-bond acceptors (Lipinski definition) is 0. The number of hydrogen-bond donors (Lipinski definition) is 1. The highest BCUT2D eigenvalue weighted by molar-refractivity contribution is 5.85. The SMILES string of the molecule is Cc1c(-[n+]2cc3ccccn3c2)[nH]c2ccccc12. The van der Waals surface area contributed by atoms with Crippen LogP contribution >= 0.6 is 0 Å². The summed E-state index contributed by atoms with van der Waals surface area (Å²) in [7, 11) is 0. The van der Waals surface area contributed by atoms with Crippen molar-refractivity contribution in [1.82, 2.24) is 9.38 Å². The second kappa shape index (κ2) is 3.72. The molecule has 0 spiro atoms. The van der Waals surface area contributed by atoms with Crippen LogP contribution in [0.25, 0.3) is 22.2 Å². The van der Waals surface area contributed by atoms with Gasteiger partial charge in [-0.25, -0.2) is 8.97 Å². The smallest absolute Gasteiger partial charge is 0.234 e. The van der Waals surface area contributed by atoms with E-state index in [0.29, 0.717) is 0 Å². The lowest BCUT2D eigenvalue weighted by Crippen LogP contribution is -2.28. The number of aromatic amines is 1. The molecule has 92 valence electrons. The zero-order chi connectivity index (χ0) is 12.8. The number of imidazole rings is 1. The van der Waals surface area contributed by atoms with Crippen LogP contribution in [0, 0.1) is 6.92 Å². The Morgan fingerprint density at radius 1 is 1.05 bits per heavy atom. The van der Waals surface area contributed by atoms with Crippen LogP contribution in [-0.2, 0) is 0 Å². The highest BCUT2D eigenvalue weighted by Crippen LogP contribution is 2.21. The number of nitrogens with one attached hydrogen (secondary N) is 1. The Kier molecular flexibility index (Phi) is 2.03. The van der Waals surface area contributed by atoms with Crippen LogP contribution in [0.2, 0.25) is 0 Å². The van der Waals surface area contributed by atoms with E-state index in [1.54, 1.807) is 0 Å². The normalized spacial score (nSPS) is 11.4. The van der Waals surface area contributed by atoms with Crippen molar-refractivity contribution in [1.29, 1.82) is 0 Å². The molecule has 19 heavy (non-hydrogen) atoms. The minimum atomic E-state index is 1.13. The highest BCUT2D eigenvalue weighted by Gasteiger charge is 2.15. The van der Waals surface area contributed by atoms with Crippen molar-refractivity contribution in [3.63, 3.8) is 0 Å². The van der Waals surface area contributed by atoms with Crippen LogP contribution in [-0.4, -0.2) is 9.38 Å². The molecule has 0 aliphatic carbocycles. The lowest BCUT2D eigenvalue weighted by atomic mass is 10.2. The third-order valence-electron chi connectivity index (χ3n) is 3.64. The molecule has 0 fully saturated rings. The topological polar surface area (TPSA) is 24.1 Å². The highest BCUT2D eigenvalue weighted by atomic mass is 15.1. The molecule has 0 bridgehead atoms. The van der Waals surface area contributed by atoms with E-state index in [1.165, 1.54) is 22.0 Å². The average Bonchev–Trinajstić information content (AvgIpc) is 3.00. The monoisotopic (exact) mass is 248 g/mol.